The number of rotatable bonds is 4. The number of nitrogens with one attached hydrogen (secondary N) is 1. The van der Waals surface area contributed by atoms with Crippen molar-refractivity contribution in [1.82, 2.24) is 4.72 Å². The molecule has 16 heavy (non-hydrogen) atoms. The van der Waals surface area contributed by atoms with Crippen molar-refractivity contribution in [2.24, 2.45) is 0 Å². The third-order valence-electron chi connectivity index (χ3n) is 2.28. The molecule has 1 aliphatic rings. The van der Waals surface area contributed by atoms with Crippen LogP contribution >= 0.6 is 23.2 Å². The average Bonchev–Trinajstić information content (AvgIpc) is 2.93. The monoisotopic (exact) mass is 279 g/mol. The van der Waals surface area contributed by atoms with Gasteiger partial charge in [0.05, 0.1) is 5.75 Å². The molecule has 1 aromatic carbocycles. The van der Waals surface area contributed by atoms with Crippen LogP contribution in [0.2, 0.25) is 10.0 Å². The Hall–Kier alpha value is -0.290. The van der Waals surface area contributed by atoms with Crippen molar-refractivity contribution >= 4 is 33.2 Å². The number of hydrogen-bond acceptors (Lipinski definition) is 2. The first-order valence-electron chi connectivity index (χ1n) is 4.90. The highest BCUT2D eigenvalue weighted by molar-refractivity contribution is 7.88. The van der Waals surface area contributed by atoms with Gasteiger partial charge in [0, 0.05) is 16.1 Å². The lowest BCUT2D eigenvalue weighted by molar-refractivity contribution is 0.580. The molecule has 0 amide bonds. The molecule has 3 nitrogen and oxygen atoms in total. The van der Waals surface area contributed by atoms with Crippen LogP contribution in [0.4, 0.5) is 0 Å². The van der Waals surface area contributed by atoms with Gasteiger partial charge in [0.25, 0.3) is 0 Å². The molecule has 88 valence electrons. The number of sulfonamides is 1. The maximum absolute atomic E-state index is 11.7. The summed E-state index contributed by atoms with van der Waals surface area (Å²) in [5.74, 6) is -0.0977. The van der Waals surface area contributed by atoms with Gasteiger partial charge in [0.15, 0.2) is 0 Å². The maximum atomic E-state index is 11.7. The van der Waals surface area contributed by atoms with E-state index in [1.807, 2.05) is 0 Å². The molecule has 1 saturated carbocycles. The lowest BCUT2D eigenvalue weighted by Crippen LogP contribution is -2.27. The van der Waals surface area contributed by atoms with Crippen molar-refractivity contribution in [1.29, 1.82) is 0 Å². The minimum absolute atomic E-state index is 0.0977. The fourth-order valence-corrected chi connectivity index (χ4v) is 3.38. The summed E-state index contributed by atoms with van der Waals surface area (Å²) in [6.07, 6.45) is 1.85. The van der Waals surface area contributed by atoms with E-state index in [1.165, 1.54) is 0 Å². The average molecular weight is 280 g/mol. The van der Waals surface area contributed by atoms with Crippen molar-refractivity contribution < 1.29 is 8.42 Å². The van der Waals surface area contributed by atoms with Crippen LogP contribution in [0.1, 0.15) is 18.4 Å². The predicted molar refractivity (Wildman–Crippen MR) is 65.2 cm³/mol. The van der Waals surface area contributed by atoms with Crippen molar-refractivity contribution in [2.75, 3.05) is 0 Å². The third-order valence-corrected chi connectivity index (χ3v) is 4.25. The molecule has 0 aliphatic heterocycles. The molecule has 0 radical (unpaired) electrons. The SMILES string of the molecule is O=S(=O)(Cc1ccc(Cl)cc1Cl)NC1CC1. The van der Waals surface area contributed by atoms with E-state index in [4.69, 9.17) is 23.2 Å². The Bertz CT molecular complexity index is 498. The second-order valence-electron chi connectivity index (χ2n) is 3.89. The smallest absolute Gasteiger partial charge is 0.212 e. The lowest BCUT2D eigenvalue weighted by atomic mass is 10.2. The van der Waals surface area contributed by atoms with E-state index < -0.39 is 10.0 Å². The Kier molecular flexibility index (Phi) is 3.45. The number of halogens is 2. The zero-order valence-corrected chi connectivity index (χ0v) is 10.7. The summed E-state index contributed by atoms with van der Waals surface area (Å²) in [6, 6.07) is 4.94. The number of benzene rings is 1. The van der Waals surface area contributed by atoms with Gasteiger partial charge in [-0.05, 0) is 30.5 Å². The summed E-state index contributed by atoms with van der Waals surface area (Å²) < 4.78 is 26.0. The molecule has 0 unspecified atom stereocenters. The van der Waals surface area contributed by atoms with E-state index in [0.717, 1.165) is 12.8 Å². The first kappa shape index (κ1) is 12.2. The van der Waals surface area contributed by atoms with Gasteiger partial charge >= 0.3 is 0 Å². The molecular formula is C10H11Cl2NO2S. The van der Waals surface area contributed by atoms with Crippen LogP contribution in [0.5, 0.6) is 0 Å². The van der Waals surface area contributed by atoms with Gasteiger partial charge in [-0.15, -0.1) is 0 Å². The molecule has 0 aromatic heterocycles. The summed E-state index contributed by atoms with van der Waals surface area (Å²) in [5.41, 5.74) is 0.569. The topological polar surface area (TPSA) is 46.2 Å². The second kappa shape index (κ2) is 4.53. The Labute approximate surface area is 105 Å². The molecule has 1 aromatic rings. The lowest BCUT2D eigenvalue weighted by Gasteiger charge is -2.07. The zero-order chi connectivity index (χ0) is 11.8. The predicted octanol–water partition coefficient (Wildman–Crippen LogP) is 2.58. The maximum Gasteiger partial charge on any atom is 0.216 e. The highest BCUT2D eigenvalue weighted by atomic mass is 35.5. The van der Waals surface area contributed by atoms with Gasteiger partial charge in [-0.3, -0.25) is 0 Å². The van der Waals surface area contributed by atoms with Crippen LogP contribution in [0.25, 0.3) is 0 Å². The largest absolute Gasteiger partial charge is 0.216 e. The van der Waals surface area contributed by atoms with Crippen LogP contribution < -0.4 is 4.72 Å². The van der Waals surface area contributed by atoms with Crippen molar-refractivity contribution in [3.63, 3.8) is 0 Å². The van der Waals surface area contributed by atoms with Gasteiger partial charge in [-0.2, -0.15) is 0 Å². The molecule has 0 bridgehead atoms. The van der Waals surface area contributed by atoms with Crippen LogP contribution in [0.3, 0.4) is 0 Å². The van der Waals surface area contributed by atoms with E-state index in [0.29, 0.717) is 15.6 Å². The minimum Gasteiger partial charge on any atom is -0.212 e. The fourth-order valence-electron chi connectivity index (χ4n) is 1.34. The molecule has 0 heterocycles. The van der Waals surface area contributed by atoms with E-state index in [1.54, 1.807) is 18.2 Å². The van der Waals surface area contributed by atoms with Crippen molar-refractivity contribution in [3.05, 3.63) is 33.8 Å². The summed E-state index contributed by atoms with van der Waals surface area (Å²) in [6.45, 7) is 0. The quantitative estimate of drug-likeness (QED) is 0.921. The molecule has 2 rings (SSSR count). The van der Waals surface area contributed by atoms with E-state index >= 15 is 0 Å². The third kappa shape index (κ3) is 3.35. The number of hydrogen-bond donors (Lipinski definition) is 1. The Balaban J connectivity index is 2.13. The van der Waals surface area contributed by atoms with E-state index in [2.05, 4.69) is 4.72 Å². The fraction of sp³-hybridized carbons (Fsp3) is 0.400. The Morgan fingerprint density at radius 3 is 2.56 bits per heavy atom. The molecule has 6 heteroatoms. The summed E-state index contributed by atoms with van der Waals surface area (Å²) in [7, 11) is -3.28. The Morgan fingerprint density at radius 1 is 1.31 bits per heavy atom. The van der Waals surface area contributed by atoms with Gasteiger partial charge in [0.2, 0.25) is 10.0 Å². The standard InChI is InChI=1S/C10H11Cl2NO2S/c11-8-2-1-7(10(12)5-8)6-16(14,15)13-9-3-4-9/h1-2,5,9,13H,3-4,6H2. The highest BCUT2D eigenvalue weighted by Crippen LogP contribution is 2.24. The Morgan fingerprint density at radius 2 is 2.00 bits per heavy atom. The van der Waals surface area contributed by atoms with E-state index in [9.17, 15) is 8.42 Å². The van der Waals surface area contributed by atoms with Crippen LogP contribution in [-0.4, -0.2) is 14.5 Å². The second-order valence-corrected chi connectivity index (χ2v) is 6.48. The molecule has 1 N–H and O–H groups in total. The molecule has 1 aliphatic carbocycles. The first-order chi connectivity index (χ1) is 7.46. The van der Waals surface area contributed by atoms with Crippen molar-refractivity contribution in [3.8, 4) is 0 Å². The van der Waals surface area contributed by atoms with Gasteiger partial charge in [-0.25, -0.2) is 13.1 Å². The zero-order valence-electron chi connectivity index (χ0n) is 8.41. The molecule has 0 saturated heterocycles. The first-order valence-corrected chi connectivity index (χ1v) is 7.31. The normalized spacial score (nSPS) is 16.4. The molecule has 0 atom stereocenters. The van der Waals surface area contributed by atoms with E-state index in [-0.39, 0.29) is 11.8 Å². The molecule has 0 spiro atoms. The minimum atomic E-state index is -3.28. The highest BCUT2D eigenvalue weighted by Gasteiger charge is 2.27. The molecule has 1 fully saturated rings. The van der Waals surface area contributed by atoms with Crippen LogP contribution in [0, 0.1) is 0 Å². The summed E-state index contributed by atoms with van der Waals surface area (Å²) in [5, 5.41) is 0.884. The van der Waals surface area contributed by atoms with Crippen molar-refractivity contribution in [2.45, 2.75) is 24.6 Å². The van der Waals surface area contributed by atoms with Crippen LogP contribution in [0.15, 0.2) is 18.2 Å². The van der Waals surface area contributed by atoms with Gasteiger partial charge in [-0.1, -0.05) is 29.3 Å². The van der Waals surface area contributed by atoms with Gasteiger partial charge in [0.1, 0.15) is 0 Å². The van der Waals surface area contributed by atoms with Crippen LogP contribution in [-0.2, 0) is 15.8 Å². The summed E-state index contributed by atoms with van der Waals surface area (Å²) >= 11 is 11.6. The van der Waals surface area contributed by atoms with Gasteiger partial charge < -0.3 is 0 Å². The summed E-state index contributed by atoms with van der Waals surface area (Å²) in [4.78, 5) is 0. The molecular weight excluding hydrogens is 269 g/mol.